The van der Waals surface area contributed by atoms with Gasteiger partial charge in [-0.15, -0.1) is 0 Å². The maximum absolute atomic E-state index is 12.7. The minimum absolute atomic E-state index is 0.0334. The van der Waals surface area contributed by atoms with Gasteiger partial charge in [-0.2, -0.15) is 4.31 Å². The topological polar surface area (TPSA) is 92.8 Å². The lowest BCUT2D eigenvalue weighted by Gasteiger charge is -2.16. The summed E-state index contributed by atoms with van der Waals surface area (Å²) in [5, 5.41) is 3.09. The van der Waals surface area contributed by atoms with Gasteiger partial charge in [-0.05, 0) is 55.7 Å². The van der Waals surface area contributed by atoms with Crippen molar-refractivity contribution in [2.75, 3.05) is 25.0 Å². The molecule has 0 unspecified atom stereocenters. The Kier molecular flexibility index (Phi) is 7.02. The average Bonchev–Trinajstić information content (AvgIpc) is 3.25. The van der Waals surface area contributed by atoms with Crippen molar-refractivity contribution in [3.05, 3.63) is 57.6 Å². The molecule has 7 nitrogen and oxygen atoms in total. The maximum Gasteiger partial charge on any atom is 0.340 e. The molecule has 1 fully saturated rings. The molecule has 1 heterocycles. The summed E-state index contributed by atoms with van der Waals surface area (Å²) in [6.45, 7) is 2.14. The Balaban J connectivity index is 1.67. The van der Waals surface area contributed by atoms with Crippen molar-refractivity contribution < 1.29 is 22.7 Å². The molecule has 30 heavy (non-hydrogen) atoms. The van der Waals surface area contributed by atoms with Gasteiger partial charge >= 0.3 is 5.97 Å². The Morgan fingerprint density at radius 2 is 1.77 bits per heavy atom. The van der Waals surface area contributed by atoms with Crippen LogP contribution in [0.3, 0.4) is 0 Å². The first-order chi connectivity index (χ1) is 14.2. The molecule has 0 spiro atoms. The minimum atomic E-state index is -3.72. The van der Waals surface area contributed by atoms with E-state index in [2.05, 4.69) is 5.32 Å². The molecule has 1 N–H and O–H groups in total. The smallest absolute Gasteiger partial charge is 0.340 e. The van der Waals surface area contributed by atoms with Crippen molar-refractivity contribution in [3.63, 3.8) is 0 Å². The van der Waals surface area contributed by atoms with Crippen LogP contribution in [-0.4, -0.2) is 44.3 Å². The van der Waals surface area contributed by atoms with E-state index in [-0.39, 0.29) is 15.5 Å². The van der Waals surface area contributed by atoms with Gasteiger partial charge in [0.25, 0.3) is 5.91 Å². The first kappa shape index (κ1) is 22.6. The Bertz CT molecular complexity index is 1080. The van der Waals surface area contributed by atoms with Gasteiger partial charge < -0.3 is 10.1 Å². The summed E-state index contributed by atoms with van der Waals surface area (Å²) in [5.74, 6) is -1.46. The zero-order valence-electron chi connectivity index (χ0n) is 16.2. The van der Waals surface area contributed by atoms with E-state index in [0.29, 0.717) is 23.8 Å². The molecule has 0 aromatic heterocycles. The maximum atomic E-state index is 12.7. The number of benzene rings is 2. The molecular weight excluding hydrogens is 451 g/mol. The lowest BCUT2D eigenvalue weighted by atomic mass is 10.2. The third-order valence-electron chi connectivity index (χ3n) is 4.65. The van der Waals surface area contributed by atoms with Crippen LogP contribution in [0.4, 0.5) is 5.69 Å². The van der Waals surface area contributed by atoms with E-state index in [1.54, 1.807) is 18.2 Å². The van der Waals surface area contributed by atoms with Gasteiger partial charge in [0.05, 0.1) is 15.5 Å². The summed E-state index contributed by atoms with van der Waals surface area (Å²) in [4.78, 5) is 24.4. The standard InChI is InChI=1S/C20H20Cl2N2O5S/c1-13-4-5-14(10-18(13)22)23-19(25)12-29-20(26)16-11-15(6-7-17(16)21)30(27,28)24-8-2-3-9-24/h4-7,10-11H,2-3,8-9,12H2,1H3,(H,23,25). The Morgan fingerprint density at radius 1 is 1.07 bits per heavy atom. The molecule has 0 bridgehead atoms. The third-order valence-corrected chi connectivity index (χ3v) is 7.28. The third kappa shape index (κ3) is 5.13. The normalized spacial score (nSPS) is 14.5. The quantitative estimate of drug-likeness (QED) is 0.646. The van der Waals surface area contributed by atoms with E-state index in [9.17, 15) is 18.0 Å². The predicted octanol–water partition coefficient (Wildman–Crippen LogP) is 3.88. The second kappa shape index (κ2) is 9.34. The van der Waals surface area contributed by atoms with Gasteiger partial charge in [0.2, 0.25) is 10.0 Å². The Labute approximate surface area is 185 Å². The molecule has 3 rings (SSSR count). The number of halogens is 2. The van der Waals surface area contributed by atoms with E-state index < -0.39 is 28.5 Å². The molecule has 0 radical (unpaired) electrons. The molecule has 1 amide bonds. The number of sulfonamides is 1. The summed E-state index contributed by atoms with van der Waals surface area (Å²) in [6.07, 6.45) is 1.59. The first-order valence-electron chi connectivity index (χ1n) is 9.21. The highest BCUT2D eigenvalue weighted by Crippen LogP contribution is 2.26. The molecule has 160 valence electrons. The fourth-order valence-electron chi connectivity index (χ4n) is 2.98. The minimum Gasteiger partial charge on any atom is -0.452 e. The van der Waals surface area contributed by atoms with Crippen molar-refractivity contribution in [1.29, 1.82) is 0 Å². The zero-order chi connectivity index (χ0) is 21.9. The fraction of sp³-hybridized carbons (Fsp3) is 0.300. The summed E-state index contributed by atoms with van der Waals surface area (Å²) < 4.78 is 31.8. The number of hydrogen-bond donors (Lipinski definition) is 1. The molecule has 0 atom stereocenters. The number of carbonyl (C=O) groups excluding carboxylic acids is 2. The molecule has 2 aromatic rings. The van der Waals surface area contributed by atoms with E-state index >= 15 is 0 Å². The van der Waals surface area contributed by atoms with Crippen molar-refractivity contribution >= 4 is 50.8 Å². The Morgan fingerprint density at radius 3 is 2.43 bits per heavy atom. The van der Waals surface area contributed by atoms with Crippen LogP contribution in [0.1, 0.15) is 28.8 Å². The summed E-state index contributed by atoms with van der Waals surface area (Å²) in [6, 6.07) is 8.85. The fourth-order valence-corrected chi connectivity index (χ4v) is 4.89. The molecule has 10 heteroatoms. The number of esters is 1. The van der Waals surface area contributed by atoms with Crippen LogP contribution in [0, 0.1) is 6.92 Å². The van der Waals surface area contributed by atoms with Crippen LogP contribution in [0.5, 0.6) is 0 Å². The number of amides is 1. The number of nitrogens with zero attached hydrogens (tertiary/aromatic N) is 1. The van der Waals surface area contributed by atoms with E-state index in [0.717, 1.165) is 18.4 Å². The number of nitrogens with one attached hydrogen (secondary N) is 1. The SMILES string of the molecule is Cc1ccc(NC(=O)COC(=O)c2cc(S(=O)(=O)N3CCCC3)ccc2Cl)cc1Cl. The zero-order valence-corrected chi connectivity index (χ0v) is 18.5. The molecule has 0 saturated carbocycles. The van der Waals surface area contributed by atoms with Crippen molar-refractivity contribution in [2.24, 2.45) is 0 Å². The molecule has 1 saturated heterocycles. The average molecular weight is 471 g/mol. The van der Waals surface area contributed by atoms with Gasteiger partial charge in [-0.3, -0.25) is 4.79 Å². The number of rotatable bonds is 6. The number of anilines is 1. The van der Waals surface area contributed by atoms with Gasteiger partial charge in [-0.25, -0.2) is 13.2 Å². The lowest BCUT2D eigenvalue weighted by molar-refractivity contribution is -0.119. The molecule has 2 aromatic carbocycles. The van der Waals surface area contributed by atoms with Crippen molar-refractivity contribution in [1.82, 2.24) is 4.31 Å². The lowest BCUT2D eigenvalue weighted by Crippen LogP contribution is -2.28. The first-order valence-corrected chi connectivity index (χ1v) is 11.4. The monoisotopic (exact) mass is 470 g/mol. The van der Waals surface area contributed by atoms with E-state index in [1.807, 2.05) is 6.92 Å². The molecule has 1 aliphatic heterocycles. The van der Waals surface area contributed by atoms with Crippen molar-refractivity contribution in [3.8, 4) is 0 Å². The number of aryl methyl sites for hydroxylation is 1. The van der Waals surface area contributed by atoms with Crippen LogP contribution in [0.2, 0.25) is 10.0 Å². The van der Waals surface area contributed by atoms with E-state index in [1.165, 1.54) is 22.5 Å². The van der Waals surface area contributed by atoms with E-state index in [4.69, 9.17) is 27.9 Å². The van der Waals surface area contributed by atoms with Gasteiger partial charge in [-0.1, -0.05) is 29.3 Å². The summed E-state index contributed by atoms with van der Waals surface area (Å²) in [5.41, 5.74) is 1.20. The molecular formula is C20H20Cl2N2O5S. The predicted molar refractivity (Wildman–Crippen MR) is 115 cm³/mol. The van der Waals surface area contributed by atoms with Gasteiger partial charge in [0.15, 0.2) is 6.61 Å². The second-order valence-corrected chi connectivity index (χ2v) is 9.59. The summed E-state index contributed by atoms with van der Waals surface area (Å²) in [7, 11) is -3.72. The van der Waals surface area contributed by atoms with Crippen LogP contribution in [-0.2, 0) is 19.6 Å². The number of carbonyl (C=O) groups is 2. The number of hydrogen-bond acceptors (Lipinski definition) is 5. The molecule has 0 aliphatic carbocycles. The highest BCUT2D eigenvalue weighted by atomic mass is 35.5. The second-order valence-electron chi connectivity index (χ2n) is 6.84. The van der Waals surface area contributed by atoms with Crippen LogP contribution in [0.25, 0.3) is 0 Å². The highest BCUT2D eigenvalue weighted by molar-refractivity contribution is 7.89. The highest BCUT2D eigenvalue weighted by Gasteiger charge is 2.28. The van der Waals surface area contributed by atoms with Crippen LogP contribution < -0.4 is 5.32 Å². The number of ether oxygens (including phenoxy) is 1. The summed E-state index contributed by atoms with van der Waals surface area (Å²) >= 11 is 12.1. The van der Waals surface area contributed by atoms with Gasteiger partial charge in [0, 0.05) is 23.8 Å². The largest absolute Gasteiger partial charge is 0.452 e. The van der Waals surface area contributed by atoms with Crippen LogP contribution >= 0.6 is 23.2 Å². The Hall–Kier alpha value is -2.13. The van der Waals surface area contributed by atoms with Gasteiger partial charge in [0.1, 0.15) is 0 Å². The van der Waals surface area contributed by atoms with Crippen molar-refractivity contribution in [2.45, 2.75) is 24.7 Å². The molecule has 1 aliphatic rings. The van der Waals surface area contributed by atoms with Crippen LogP contribution in [0.15, 0.2) is 41.3 Å².